The highest BCUT2D eigenvalue weighted by molar-refractivity contribution is 7.51. The third-order valence-corrected chi connectivity index (χ3v) is 1.05. The van der Waals surface area contributed by atoms with E-state index in [0.29, 0.717) is 0 Å². The molecule has 54 valence electrons. The van der Waals surface area contributed by atoms with Crippen LogP contribution < -0.4 is 5.73 Å². The topological polar surface area (TPSA) is 89.6 Å². The lowest BCUT2D eigenvalue weighted by molar-refractivity contribution is -0.120. The Hall–Kier alpha value is -0.380. The molecule has 0 aromatic carbocycles. The highest BCUT2D eigenvalue weighted by atomic mass is 31.2. The number of primary amides is 1. The van der Waals surface area contributed by atoms with E-state index in [9.17, 15) is 9.36 Å². The van der Waals surface area contributed by atoms with Crippen LogP contribution >= 0.6 is 7.60 Å². The van der Waals surface area contributed by atoms with Gasteiger partial charge in [0.05, 0.1) is 0 Å². The molecule has 1 atom stereocenters. The molecule has 0 aliphatic carbocycles. The van der Waals surface area contributed by atoms with Gasteiger partial charge in [0.1, 0.15) is 6.61 Å². The predicted octanol–water partition coefficient (Wildman–Crippen LogP) is -0.697. The summed E-state index contributed by atoms with van der Waals surface area (Å²) in [6.45, 7) is 0.472. The molecule has 5 nitrogen and oxygen atoms in total. The molecular formula is C3H8NO4P. The van der Waals surface area contributed by atoms with Crippen LogP contribution in [0.15, 0.2) is 0 Å². The van der Waals surface area contributed by atoms with Crippen LogP contribution in [0.1, 0.15) is 0 Å². The summed E-state index contributed by atoms with van der Waals surface area (Å²) in [4.78, 5) is 18.3. The second kappa shape index (κ2) is 2.96. The van der Waals surface area contributed by atoms with Gasteiger partial charge in [0.2, 0.25) is 5.91 Å². The van der Waals surface area contributed by atoms with Crippen molar-refractivity contribution in [2.45, 2.75) is 0 Å². The Morgan fingerprint density at radius 1 is 1.89 bits per heavy atom. The zero-order valence-corrected chi connectivity index (χ0v) is 5.80. The van der Waals surface area contributed by atoms with E-state index in [1.54, 1.807) is 0 Å². The van der Waals surface area contributed by atoms with E-state index < -0.39 is 20.1 Å². The van der Waals surface area contributed by atoms with Crippen molar-refractivity contribution in [1.29, 1.82) is 0 Å². The van der Waals surface area contributed by atoms with Gasteiger partial charge in [-0.3, -0.25) is 13.9 Å². The van der Waals surface area contributed by atoms with Gasteiger partial charge in [0.25, 0.3) is 0 Å². The van der Waals surface area contributed by atoms with Gasteiger partial charge in [-0.1, -0.05) is 0 Å². The highest BCUT2D eigenvalue weighted by Crippen LogP contribution is 2.35. The van der Waals surface area contributed by atoms with Crippen molar-refractivity contribution >= 4 is 13.5 Å². The maximum Gasteiger partial charge on any atom is 0.325 e. The van der Waals surface area contributed by atoms with Crippen molar-refractivity contribution < 1.29 is 18.8 Å². The average Bonchev–Trinajstić information content (AvgIpc) is 1.59. The summed E-state index contributed by atoms with van der Waals surface area (Å²) in [6.07, 6.45) is 0. The lowest BCUT2D eigenvalue weighted by Gasteiger charge is -2.02. The molecule has 0 saturated heterocycles. The first kappa shape index (κ1) is 8.62. The fourth-order valence-corrected chi connectivity index (χ4v) is 0.550. The van der Waals surface area contributed by atoms with E-state index in [2.05, 4.69) is 10.3 Å². The van der Waals surface area contributed by atoms with E-state index in [4.69, 9.17) is 4.89 Å². The number of carbonyl (C=O) groups is 1. The molecule has 6 heteroatoms. The van der Waals surface area contributed by atoms with Crippen LogP contribution in [0.4, 0.5) is 0 Å². The smallest absolute Gasteiger partial charge is 0.325 e. The molecule has 1 amide bonds. The molecular weight excluding hydrogens is 145 g/mol. The van der Waals surface area contributed by atoms with E-state index in [-0.39, 0.29) is 0 Å². The lowest BCUT2D eigenvalue weighted by Crippen LogP contribution is -2.16. The first-order valence-corrected chi connectivity index (χ1v) is 4.17. The van der Waals surface area contributed by atoms with Crippen LogP contribution in [0.3, 0.4) is 0 Å². The summed E-state index contributed by atoms with van der Waals surface area (Å²) in [7, 11) is -3.52. The monoisotopic (exact) mass is 153 g/mol. The maximum atomic E-state index is 10.2. The molecule has 3 N–H and O–H groups in total. The quantitative estimate of drug-likeness (QED) is 0.524. The molecule has 0 aliphatic heterocycles. The predicted molar refractivity (Wildman–Crippen MR) is 30.9 cm³/mol. The zero-order chi connectivity index (χ0) is 7.49. The second-order valence-corrected chi connectivity index (χ2v) is 3.41. The van der Waals surface area contributed by atoms with Crippen molar-refractivity contribution in [3.63, 3.8) is 0 Å². The van der Waals surface area contributed by atoms with Crippen LogP contribution in [-0.4, -0.2) is 24.1 Å². The number of nitrogens with two attached hydrogens (primary N) is 1. The van der Waals surface area contributed by atoms with Gasteiger partial charge in [-0.05, 0) is 0 Å². The molecule has 0 aliphatic rings. The van der Waals surface area contributed by atoms with Crippen molar-refractivity contribution in [2.75, 3.05) is 13.3 Å². The maximum absolute atomic E-state index is 10.2. The Morgan fingerprint density at radius 3 is 2.44 bits per heavy atom. The Kier molecular flexibility index (Phi) is 2.84. The first-order chi connectivity index (χ1) is 3.92. The molecule has 1 unspecified atom stereocenters. The minimum atomic E-state index is -3.52. The molecule has 9 heavy (non-hydrogen) atoms. The van der Waals surface area contributed by atoms with Gasteiger partial charge in [0, 0.05) is 6.66 Å². The molecule has 0 bridgehead atoms. The molecule has 0 saturated carbocycles. The first-order valence-electron chi connectivity index (χ1n) is 2.15. The van der Waals surface area contributed by atoms with Crippen LogP contribution in [0.2, 0.25) is 0 Å². The lowest BCUT2D eigenvalue weighted by atomic mass is 10.7. The normalized spacial score (nSPS) is 16.7. The van der Waals surface area contributed by atoms with Crippen molar-refractivity contribution in [3.05, 3.63) is 0 Å². The summed E-state index contributed by atoms with van der Waals surface area (Å²) in [5.41, 5.74) is 4.60. The molecule has 0 spiro atoms. The molecule has 0 aromatic heterocycles. The Morgan fingerprint density at radius 2 is 2.33 bits per heavy atom. The molecule has 0 rings (SSSR count). The van der Waals surface area contributed by atoms with E-state index in [1.807, 2.05) is 0 Å². The molecule has 0 radical (unpaired) electrons. The number of carbonyl (C=O) groups excluding carboxylic acids is 1. The minimum absolute atomic E-state index is 0.510. The zero-order valence-electron chi connectivity index (χ0n) is 4.90. The largest absolute Gasteiger partial charge is 0.368 e. The minimum Gasteiger partial charge on any atom is -0.368 e. The highest BCUT2D eigenvalue weighted by Gasteiger charge is 2.10. The summed E-state index contributed by atoms with van der Waals surface area (Å²) >= 11 is 0. The second-order valence-electron chi connectivity index (χ2n) is 1.54. The molecule has 0 fully saturated rings. The summed E-state index contributed by atoms with van der Waals surface area (Å²) < 4.78 is 14.4. The van der Waals surface area contributed by atoms with Crippen LogP contribution in [0.5, 0.6) is 0 Å². The summed E-state index contributed by atoms with van der Waals surface area (Å²) in [6, 6.07) is 0. The Bertz CT molecular complexity index is 150. The summed E-state index contributed by atoms with van der Waals surface area (Å²) in [5.74, 6) is -0.758. The Labute approximate surface area is 52.3 Å². The number of hydrogen-bond donors (Lipinski definition) is 2. The molecule has 0 aromatic rings. The molecule has 0 heterocycles. The van der Waals surface area contributed by atoms with Gasteiger partial charge in [-0.2, -0.15) is 0 Å². The number of hydrogen-bond acceptors (Lipinski definition) is 3. The third-order valence-electron chi connectivity index (χ3n) is 0.446. The van der Waals surface area contributed by atoms with Crippen molar-refractivity contribution in [2.24, 2.45) is 5.73 Å². The van der Waals surface area contributed by atoms with E-state index in [0.717, 1.165) is 6.66 Å². The van der Waals surface area contributed by atoms with Crippen LogP contribution in [0.25, 0.3) is 0 Å². The number of rotatable bonds is 3. The van der Waals surface area contributed by atoms with Crippen molar-refractivity contribution in [1.82, 2.24) is 0 Å². The fourth-order valence-electron chi connectivity index (χ4n) is 0.183. The fraction of sp³-hybridized carbons (Fsp3) is 0.667. The van der Waals surface area contributed by atoms with Gasteiger partial charge in [-0.15, -0.1) is 0 Å². The standard InChI is InChI=1S/C3H8NO4P/c1-9(6,7)8-2-3(4)5/h2H2,1H3,(H2,4,5)(H,6,7). The van der Waals surface area contributed by atoms with Gasteiger partial charge in [0.15, 0.2) is 0 Å². The van der Waals surface area contributed by atoms with Gasteiger partial charge < -0.3 is 10.6 Å². The van der Waals surface area contributed by atoms with Crippen molar-refractivity contribution in [3.8, 4) is 0 Å². The van der Waals surface area contributed by atoms with Crippen LogP contribution in [0, 0.1) is 0 Å². The Balaban J connectivity index is 3.53. The SMILES string of the molecule is CP(=O)(O)OCC(N)=O. The third kappa shape index (κ3) is 7.62. The van der Waals surface area contributed by atoms with E-state index >= 15 is 0 Å². The van der Waals surface area contributed by atoms with Gasteiger partial charge in [-0.25, -0.2) is 0 Å². The van der Waals surface area contributed by atoms with Crippen LogP contribution in [-0.2, 0) is 13.9 Å². The number of amides is 1. The van der Waals surface area contributed by atoms with Gasteiger partial charge >= 0.3 is 7.60 Å². The average molecular weight is 153 g/mol. The van der Waals surface area contributed by atoms with E-state index in [1.165, 1.54) is 0 Å². The summed E-state index contributed by atoms with van der Waals surface area (Å²) in [5, 5.41) is 0.